The molecule has 0 bridgehead atoms. The second kappa shape index (κ2) is 7.71. The Labute approximate surface area is 127 Å². The van der Waals surface area contributed by atoms with Crippen molar-refractivity contribution in [1.29, 1.82) is 0 Å². The number of carbonyl (C=O) groups is 1. The standard InChI is InChI=1S/C16H27N3O2/c1-4-7-18-9-10-21-16(12-18)15(20)11-14-6-8-19(17-14)13(3)5-2/h6,8,13,16H,4-5,7,9-12H2,1-3H3. The quantitative estimate of drug-likeness (QED) is 0.772. The molecule has 0 N–H and O–H groups in total. The third kappa shape index (κ3) is 4.38. The molecule has 0 spiro atoms. The predicted octanol–water partition coefficient (Wildman–Crippen LogP) is 2.08. The first-order valence-corrected chi connectivity index (χ1v) is 8.04. The van der Waals surface area contributed by atoms with Crippen molar-refractivity contribution in [3.05, 3.63) is 18.0 Å². The summed E-state index contributed by atoms with van der Waals surface area (Å²) in [6, 6.07) is 2.32. The summed E-state index contributed by atoms with van der Waals surface area (Å²) in [6.07, 6.45) is 4.18. The Kier molecular flexibility index (Phi) is 5.94. The van der Waals surface area contributed by atoms with E-state index in [-0.39, 0.29) is 11.9 Å². The van der Waals surface area contributed by atoms with Crippen molar-refractivity contribution in [1.82, 2.24) is 14.7 Å². The Bertz CT molecular complexity index is 456. The number of hydrogen-bond acceptors (Lipinski definition) is 4. The van der Waals surface area contributed by atoms with Crippen LogP contribution in [0.1, 0.15) is 45.3 Å². The highest BCUT2D eigenvalue weighted by Gasteiger charge is 2.26. The SMILES string of the molecule is CCCN1CCOC(C(=O)Cc2ccn(C(C)CC)n2)C1. The monoisotopic (exact) mass is 293 g/mol. The molecular formula is C16H27N3O2. The Hall–Kier alpha value is -1.20. The molecule has 2 heterocycles. The molecule has 0 radical (unpaired) electrons. The molecule has 1 aromatic heterocycles. The highest BCUT2D eigenvalue weighted by molar-refractivity contribution is 5.85. The lowest BCUT2D eigenvalue weighted by Gasteiger charge is -2.31. The number of ether oxygens (including phenoxy) is 1. The molecular weight excluding hydrogens is 266 g/mol. The normalized spacial score (nSPS) is 21.4. The number of morpholine rings is 1. The minimum absolute atomic E-state index is 0.144. The second-order valence-electron chi connectivity index (χ2n) is 5.85. The van der Waals surface area contributed by atoms with Crippen LogP contribution in [0.25, 0.3) is 0 Å². The number of ketones is 1. The number of aromatic nitrogens is 2. The van der Waals surface area contributed by atoms with Gasteiger partial charge in [-0.25, -0.2) is 0 Å². The Morgan fingerprint density at radius 2 is 2.33 bits per heavy atom. The summed E-state index contributed by atoms with van der Waals surface area (Å²) in [5.41, 5.74) is 0.844. The maximum absolute atomic E-state index is 12.4. The van der Waals surface area contributed by atoms with Crippen molar-refractivity contribution in [2.24, 2.45) is 0 Å². The number of Topliss-reactive ketones (excluding diaryl/α,β-unsaturated/α-hetero) is 1. The lowest BCUT2D eigenvalue weighted by molar-refractivity contribution is -0.135. The molecule has 1 fully saturated rings. The van der Waals surface area contributed by atoms with Gasteiger partial charge in [0.25, 0.3) is 0 Å². The van der Waals surface area contributed by atoms with Crippen LogP contribution in [0, 0.1) is 0 Å². The summed E-state index contributed by atoms with van der Waals surface area (Å²) in [5.74, 6) is 0.144. The molecule has 118 valence electrons. The van der Waals surface area contributed by atoms with E-state index in [2.05, 4.69) is 30.8 Å². The maximum atomic E-state index is 12.4. The van der Waals surface area contributed by atoms with E-state index in [1.165, 1.54) is 0 Å². The van der Waals surface area contributed by atoms with Gasteiger partial charge in [0.05, 0.1) is 18.7 Å². The van der Waals surface area contributed by atoms with Crippen LogP contribution in [0.4, 0.5) is 0 Å². The summed E-state index contributed by atoms with van der Waals surface area (Å²) in [4.78, 5) is 14.7. The molecule has 1 aromatic rings. The van der Waals surface area contributed by atoms with Gasteiger partial charge < -0.3 is 4.74 Å². The Morgan fingerprint density at radius 3 is 3.05 bits per heavy atom. The molecule has 2 atom stereocenters. The average molecular weight is 293 g/mol. The van der Waals surface area contributed by atoms with Gasteiger partial charge in [-0.05, 0) is 32.4 Å². The summed E-state index contributed by atoms with van der Waals surface area (Å²) in [5, 5.41) is 4.50. The van der Waals surface area contributed by atoms with Crippen LogP contribution in [0.2, 0.25) is 0 Å². The highest BCUT2D eigenvalue weighted by Crippen LogP contribution is 2.12. The lowest BCUT2D eigenvalue weighted by Crippen LogP contribution is -2.46. The van der Waals surface area contributed by atoms with Crippen LogP contribution in [0.15, 0.2) is 12.3 Å². The fourth-order valence-corrected chi connectivity index (χ4v) is 2.61. The fourth-order valence-electron chi connectivity index (χ4n) is 2.61. The van der Waals surface area contributed by atoms with Crippen molar-refractivity contribution in [3.8, 4) is 0 Å². The van der Waals surface area contributed by atoms with Gasteiger partial charge >= 0.3 is 0 Å². The second-order valence-corrected chi connectivity index (χ2v) is 5.85. The van der Waals surface area contributed by atoms with Gasteiger partial charge in [0, 0.05) is 25.3 Å². The summed E-state index contributed by atoms with van der Waals surface area (Å²) < 4.78 is 7.58. The molecule has 0 aromatic carbocycles. The van der Waals surface area contributed by atoms with Crippen LogP contribution >= 0.6 is 0 Å². The van der Waals surface area contributed by atoms with Crippen molar-refractivity contribution in [3.63, 3.8) is 0 Å². The zero-order valence-corrected chi connectivity index (χ0v) is 13.4. The zero-order valence-electron chi connectivity index (χ0n) is 13.4. The summed E-state index contributed by atoms with van der Waals surface area (Å²) in [7, 11) is 0. The van der Waals surface area contributed by atoms with Crippen molar-refractivity contribution in [2.45, 2.75) is 52.2 Å². The van der Waals surface area contributed by atoms with E-state index in [1.54, 1.807) is 0 Å². The first-order valence-electron chi connectivity index (χ1n) is 8.04. The Balaban J connectivity index is 1.90. The summed E-state index contributed by atoms with van der Waals surface area (Å²) in [6.45, 7) is 9.77. The Morgan fingerprint density at radius 1 is 1.52 bits per heavy atom. The topological polar surface area (TPSA) is 47.4 Å². The van der Waals surface area contributed by atoms with Gasteiger partial charge in [0.2, 0.25) is 0 Å². The molecule has 2 rings (SSSR count). The van der Waals surface area contributed by atoms with Crippen LogP contribution in [-0.4, -0.2) is 52.8 Å². The number of hydrogen-bond donors (Lipinski definition) is 0. The van der Waals surface area contributed by atoms with Crippen molar-refractivity contribution in [2.75, 3.05) is 26.2 Å². The third-order valence-corrected chi connectivity index (χ3v) is 4.11. The fraction of sp³-hybridized carbons (Fsp3) is 0.750. The van der Waals surface area contributed by atoms with Gasteiger partial charge in [-0.1, -0.05) is 13.8 Å². The lowest BCUT2D eigenvalue weighted by atomic mass is 10.1. The van der Waals surface area contributed by atoms with Crippen molar-refractivity contribution >= 4 is 5.78 Å². The zero-order chi connectivity index (χ0) is 15.2. The first kappa shape index (κ1) is 16.2. The van der Waals surface area contributed by atoms with Gasteiger partial charge in [-0.15, -0.1) is 0 Å². The molecule has 21 heavy (non-hydrogen) atoms. The smallest absolute Gasteiger partial charge is 0.168 e. The summed E-state index contributed by atoms with van der Waals surface area (Å²) >= 11 is 0. The van der Waals surface area contributed by atoms with E-state index in [0.29, 0.717) is 19.1 Å². The third-order valence-electron chi connectivity index (χ3n) is 4.11. The predicted molar refractivity (Wildman–Crippen MR) is 82.4 cm³/mol. The van der Waals surface area contributed by atoms with Crippen molar-refractivity contribution < 1.29 is 9.53 Å². The molecule has 1 aliphatic rings. The maximum Gasteiger partial charge on any atom is 0.168 e. The number of carbonyl (C=O) groups excluding carboxylic acids is 1. The van der Waals surface area contributed by atoms with Gasteiger partial charge in [0.15, 0.2) is 5.78 Å². The largest absolute Gasteiger partial charge is 0.368 e. The van der Waals surface area contributed by atoms with Gasteiger partial charge in [-0.2, -0.15) is 5.10 Å². The minimum Gasteiger partial charge on any atom is -0.368 e. The molecule has 1 saturated heterocycles. The van der Waals surface area contributed by atoms with Crippen LogP contribution in [-0.2, 0) is 16.0 Å². The van der Waals surface area contributed by atoms with Crippen LogP contribution in [0.5, 0.6) is 0 Å². The number of rotatable bonds is 7. The highest BCUT2D eigenvalue weighted by atomic mass is 16.5. The van der Waals surface area contributed by atoms with E-state index >= 15 is 0 Å². The molecule has 2 unspecified atom stereocenters. The molecule has 1 aliphatic heterocycles. The van der Waals surface area contributed by atoms with E-state index in [9.17, 15) is 4.79 Å². The van der Waals surface area contributed by atoms with E-state index in [1.807, 2.05) is 16.9 Å². The van der Waals surface area contributed by atoms with Gasteiger partial charge in [0.1, 0.15) is 6.10 Å². The van der Waals surface area contributed by atoms with E-state index in [0.717, 1.165) is 38.2 Å². The molecule has 5 nitrogen and oxygen atoms in total. The van der Waals surface area contributed by atoms with E-state index in [4.69, 9.17) is 4.74 Å². The first-order chi connectivity index (χ1) is 10.1. The molecule has 0 aliphatic carbocycles. The molecule has 5 heteroatoms. The van der Waals surface area contributed by atoms with Crippen LogP contribution in [0.3, 0.4) is 0 Å². The van der Waals surface area contributed by atoms with Gasteiger partial charge in [-0.3, -0.25) is 14.4 Å². The number of nitrogens with zero attached hydrogens (tertiary/aromatic N) is 3. The molecule has 0 amide bonds. The van der Waals surface area contributed by atoms with E-state index < -0.39 is 0 Å². The molecule has 0 saturated carbocycles. The minimum atomic E-state index is -0.293. The van der Waals surface area contributed by atoms with Crippen LogP contribution < -0.4 is 0 Å². The average Bonchev–Trinajstić information content (AvgIpc) is 2.95.